The highest BCUT2D eigenvalue weighted by molar-refractivity contribution is 5.99. The van der Waals surface area contributed by atoms with Gasteiger partial charge in [-0.2, -0.15) is 26.3 Å². The largest absolute Gasteiger partial charge is 0.480 e. The number of nitrogens with one attached hydrogen (secondary N) is 1. The first-order valence-electron chi connectivity index (χ1n) is 15.0. The summed E-state index contributed by atoms with van der Waals surface area (Å²) in [5.74, 6) is -6.03. The number of carboxylic acid groups (broad SMARTS) is 1. The van der Waals surface area contributed by atoms with Gasteiger partial charge in [0.15, 0.2) is 0 Å². The van der Waals surface area contributed by atoms with Gasteiger partial charge in [0.25, 0.3) is 11.5 Å². The zero-order valence-corrected chi connectivity index (χ0v) is 26.3. The quantitative estimate of drug-likeness (QED) is 0.223. The number of amides is 1. The van der Waals surface area contributed by atoms with E-state index < -0.39 is 83.0 Å². The molecule has 2 aromatic heterocycles. The number of alkyl halides is 6. The lowest BCUT2D eigenvalue weighted by atomic mass is 9.93. The molecule has 1 unspecified atom stereocenters. The van der Waals surface area contributed by atoms with Gasteiger partial charge in [0.2, 0.25) is 0 Å². The number of halogens is 8. The topological polar surface area (TPSA) is 114 Å². The van der Waals surface area contributed by atoms with Gasteiger partial charge in [0.05, 0.1) is 42.3 Å². The summed E-state index contributed by atoms with van der Waals surface area (Å²) in [6.45, 7) is 0.840. The maximum Gasteiger partial charge on any atom is 0.417 e. The predicted octanol–water partition coefficient (Wildman–Crippen LogP) is 5.79. The van der Waals surface area contributed by atoms with Crippen molar-refractivity contribution < 1.29 is 54.6 Å². The number of aliphatic carboxylic acids is 1. The van der Waals surface area contributed by atoms with Crippen molar-refractivity contribution in [3.8, 4) is 11.1 Å². The molecule has 0 saturated carbocycles. The van der Waals surface area contributed by atoms with Crippen molar-refractivity contribution in [1.29, 1.82) is 0 Å². The Morgan fingerprint density at radius 1 is 1.08 bits per heavy atom. The van der Waals surface area contributed by atoms with Crippen LogP contribution in [0.5, 0.6) is 0 Å². The second kappa shape index (κ2) is 13.7. The van der Waals surface area contributed by atoms with E-state index in [-0.39, 0.29) is 53.2 Å². The fourth-order valence-corrected chi connectivity index (χ4v) is 5.94. The lowest BCUT2D eigenvalue weighted by Crippen LogP contribution is -2.48. The Morgan fingerprint density at radius 2 is 1.76 bits per heavy atom. The molecule has 266 valence electrons. The predicted molar refractivity (Wildman–Crippen MR) is 164 cm³/mol. The van der Waals surface area contributed by atoms with Crippen LogP contribution in [0.25, 0.3) is 22.0 Å². The Morgan fingerprint density at radius 3 is 2.38 bits per heavy atom. The Labute approximate surface area is 278 Å². The summed E-state index contributed by atoms with van der Waals surface area (Å²) in [5.41, 5.74) is -4.35. The van der Waals surface area contributed by atoms with E-state index in [1.807, 2.05) is 5.32 Å². The van der Waals surface area contributed by atoms with Crippen LogP contribution in [0.4, 0.5) is 40.8 Å². The molecule has 5 rings (SSSR count). The minimum atomic E-state index is -4.91. The van der Waals surface area contributed by atoms with Crippen LogP contribution in [0.3, 0.4) is 0 Å². The number of nitrogens with zero attached hydrogens (tertiary/aromatic N) is 3. The van der Waals surface area contributed by atoms with Gasteiger partial charge < -0.3 is 24.6 Å². The van der Waals surface area contributed by atoms with Crippen molar-refractivity contribution in [2.24, 2.45) is 7.05 Å². The third-order valence-corrected chi connectivity index (χ3v) is 8.41. The van der Waals surface area contributed by atoms with Crippen LogP contribution < -0.4 is 15.8 Å². The van der Waals surface area contributed by atoms with Crippen LogP contribution in [0.15, 0.2) is 53.5 Å². The summed E-state index contributed by atoms with van der Waals surface area (Å²) in [5, 5.41) is 12.1. The van der Waals surface area contributed by atoms with Gasteiger partial charge in [-0.05, 0) is 36.8 Å². The summed E-state index contributed by atoms with van der Waals surface area (Å²) in [7, 11) is 1.30. The van der Waals surface area contributed by atoms with Gasteiger partial charge in [-0.15, -0.1) is 0 Å². The zero-order valence-electron chi connectivity index (χ0n) is 26.3. The number of carboxylic acids is 1. The summed E-state index contributed by atoms with van der Waals surface area (Å²) in [4.78, 5) is 43.7. The first kappa shape index (κ1) is 36.2. The smallest absolute Gasteiger partial charge is 0.417 e. The number of morpholine rings is 1. The van der Waals surface area contributed by atoms with E-state index in [0.717, 1.165) is 15.5 Å². The van der Waals surface area contributed by atoms with Crippen molar-refractivity contribution in [2.75, 3.05) is 24.7 Å². The molecule has 2 N–H and O–H groups in total. The number of benzene rings is 2. The minimum absolute atomic E-state index is 0.0174. The van der Waals surface area contributed by atoms with E-state index >= 15 is 8.78 Å². The first-order chi connectivity index (χ1) is 23.4. The molecule has 1 aliphatic heterocycles. The molecule has 0 spiro atoms. The molecule has 3 heterocycles. The molecule has 0 radical (unpaired) electrons. The van der Waals surface area contributed by atoms with Gasteiger partial charge >= 0.3 is 18.3 Å². The molecule has 1 fully saturated rings. The number of carbonyl (C=O) groups is 2. The Kier molecular flexibility index (Phi) is 9.92. The third kappa shape index (κ3) is 7.41. The van der Waals surface area contributed by atoms with Gasteiger partial charge in [-0.25, -0.2) is 13.6 Å². The average molecular weight is 713 g/mol. The fourth-order valence-electron chi connectivity index (χ4n) is 5.94. The molecule has 17 heteroatoms. The summed E-state index contributed by atoms with van der Waals surface area (Å²) in [6.07, 6.45) is -10.1. The number of pyridine rings is 2. The zero-order chi connectivity index (χ0) is 36.7. The molecule has 4 aromatic rings. The maximum absolute atomic E-state index is 15.2. The molecule has 50 heavy (non-hydrogen) atoms. The Hall–Kier alpha value is -5.06. The number of hydrogen-bond donors (Lipinski definition) is 2. The standard InChI is InChI=1S/C33H28F8N4O5/c1-16-10-22(33(39,40)41)26(30(47)44(16)2)21-6-5-17(20-4-3-7-42-28(20)21)11-25(31(48)49)43-29(46)27-23(34)12-18(13-24(27)35)45-8-9-50-15-19(45)14-32(36,37)38/h3-7,10,12-13,19,25H,8-9,11,14-15H2,1-2H3,(H,43,46)(H,48,49)/t19-,25?/m0/s1. The number of fused-ring (bicyclic) bond motifs is 1. The molecular formula is C33H28F8N4O5. The second-order valence-electron chi connectivity index (χ2n) is 11.7. The van der Waals surface area contributed by atoms with Gasteiger partial charge in [0, 0.05) is 48.5 Å². The minimum Gasteiger partial charge on any atom is -0.480 e. The monoisotopic (exact) mass is 712 g/mol. The molecule has 2 aromatic carbocycles. The number of aromatic nitrogens is 2. The highest BCUT2D eigenvalue weighted by Crippen LogP contribution is 2.38. The summed E-state index contributed by atoms with van der Waals surface area (Å²) < 4.78 is 118. The summed E-state index contributed by atoms with van der Waals surface area (Å²) in [6, 6.07) is 4.31. The van der Waals surface area contributed by atoms with E-state index in [2.05, 4.69) is 4.98 Å². The normalized spacial score (nSPS) is 16.0. The molecule has 0 aliphatic carbocycles. The Balaban J connectivity index is 1.47. The van der Waals surface area contributed by atoms with Crippen molar-refractivity contribution in [2.45, 2.75) is 44.2 Å². The van der Waals surface area contributed by atoms with Gasteiger partial charge in [-0.1, -0.05) is 18.2 Å². The molecule has 2 atom stereocenters. The molecule has 1 aliphatic rings. The molecular weight excluding hydrogens is 684 g/mol. The first-order valence-corrected chi connectivity index (χ1v) is 15.0. The lowest BCUT2D eigenvalue weighted by Gasteiger charge is -2.37. The molecule has 1 amide bonds. The number of aryl methyl sites for hydroxylation is 1. The van der Waals surface area contributed by atoms with Crippen LogP contribution >= 0.6 is 0 Å². The number of hydrogen-bond acceptors (Lipinski definition) is 6. The van der Waals surface area contributed by atoms with Crippen molar-refractivity contribution in [3.63, 3.8) is 0 Å². The molecule has 1 saturated heterocycles. The van der Waals surface area contributed by atoms with Crippen molar-refractivity contribution >= 4 is 28.5 Å². The van der Waals surface area contributed by atoms with E-state index in [1.165, 1.54) is 44.4 Å². The third-order valence-electron chi connectivity index (χ3n) is 8.41. The molecule has 9 nitrogen and oxygen atoms in total. The van der Waals surface area contributed by atoms with Crippen LogP contribution in [0.1, 0.15) is 33.6 Å². The van der Waals surface area contributed by atoms with Crippen LogP contribution in [-0.2, 0) is 29.2 Å². The number of ether oxygens (including phenoxy) is 1. The van der Waals surface area contributed by atoms with E-state index in [9.17, 15) is 45.8 Å². The SMILES string of the molecule is Cc1cc(C(F)(F)F)c(-c2ccc(CC(NC(=O)c3c(F)cc(N4CCOC[C@@H]4CC(F)(F)F)cc3F)C(=O)O)c3cccnc23)c(=O)n1C. The maximum atomic E-state index is 15.2. The average Bonchev–Trinajstić information content (AvgIpc) is 3.02. The van der Waals surface area contributed by atoms with Crippen LogP contribution in [0.2, 0.25) is 0 Å². The second-order valence-corrected chi connectivity index (χ2v) is 11.7. The van der Waals surface area contributed by atoms with Crippen LogP contribution in [0, 0.1) is 18.6 Å². The summed E-state index contributed by atoms with van der Waals surface area (Å²) >= 11 is 0. The number of anilines is 1. The van der Waals surface area contributed by atoms with E-state index in [4.69, 9.17) is 4.74 Å². The fraction of sp³-hybridized carbons (Fsp3) is 0.333. The van der Waals surface area contributed by atoms with Crippen LogP contribution in [-0.4, -0.2) is 64.6 Å². The van der Waals surface area contributed by atoms with Gasteiger partial charge in [-0.3, -0.25) is 14.6 Å². The molecule has 0 bridgehead atoms. The van der Waals surface area contributed by atoms with Crippen molar-refractivity contribution in [3.05, 3.63) is 93.0 Å². The number of rotatable bonds is 8. The number of carbonyl (C=O) groups excluding carboxylic acids is 1. The van der Waals surface area contributed by atoms with Gasteiger partial charge in [0.1, 0.15) is 23.2 Å². The lowest BCUT2D eigenvalue weighted by molar-refractivity contribution is -0.143. The van der Waals surface area contributed by atoms with E-state index in [0.29, 0.717) is 12.1 Å². The highest BCUT2D eigenvalue weighted by atomic mass is 19.4. The Bertz CT molecular complexity index is 2010. The highest BCUT2D eigenvalue weighted by Gasteiger charge is 2.38. The van der Waals surface area contributed by atoms with Crippen molar-refractivity contribution in [1.82, 2.24) is 14.9 Å². The van der Waals surface area contributed by atoms with E-state index in [1.54, 1.807) is 0 Å².